The molecule has 2 aliphatic rings. The summed E-state index contributed by atoms with van der Waals surface area (Å²) >= 11 is 1.20. The first-order chi connectivity index (χ1) is 19.5. The SMILES string of the molecule is C=CC(=O)N[C@@H]1CCCC[C@H]1NC(=O)c1sc2nccc3c2c1NC(=O)N3c1cnc(Oc2ccccc2)nc1. The van der Waals surface area contributed by atoms with Gasteiger partial charge in [0, 0.05) is 18.3 Å². The van der Waals surface area contributed by atoms with Crippen molar-refractivity contribution in [1.82, 2.24) is 25.6 Å². The quantitative estimate of drug-likeness (QED) is 0.276. The number of aromatic nitrogens is 3. The smallest absolute Gasteiger partial charge is 0.331 e. The number of thiophene rings is 1. The van der Waals surface area contributed by atoms with E-state index in [1.165, 1.54) is 34.7 Å². The van der Waals surface area contributed by atoms with Crippen molar-refractivity contribution in [2.24, 2.45) is 0 Å². The van der Waals surface area contributed by atoms with Crippen molar-refractivity contribution in [2.75, 3.05) is 10.2 Å². The van der Waals surface area contributed by atoms with Crippen molar-refractivity contribution in [3.63, 3.8) is 0 Å². The summed E-state index contributed by atoms with van der Waals surface area (Å²) in [7, 11) is 0. The molecular weight excluding hydrogens is 530 g/mol. The molecule has 0 unspecified atom stereocenters. The van der Waals surface area contributed by atoms with E-state index in [1.807, 2.05) is 18.2 Å². The molecule has 11 nitrogen and oxygen atoms in total. The standard InChI is InChI=1S/C28H25N7O4S/c1-2-21(36)32-18-10-6-7-11-19(18)33-25(37)24-23-22-20(12-13-29-26(22)40-24)35(28(38)34-23)16-14-30-27(31-15-16)39-17-8-4-3-5-9-17/h2-5,8-9,12-15,18-19H,1,6-7,10-11H2,(H,32,36)(H,33,37)(H,34,38)/t18-,19-/m1/s1. The third kappa shape index (κ3) is 4.84. The number of rotatable bonds is 7. The first kappa shape index (κ1) is 25.4. The number of pyridine rings is 1. The molecule has 1 fully saturated rings. The molecule has 0 bridgehead atoms. The zero-order valence-electron chi connectivity index (χ0n) is 21.3. The molecule has 3 aromatic heterocycles. The summed E-state index contributed by atoms with van der Waals surface area (Å²) < 4.78 is 5.67. The third-order valence-electron chi connectivity index (χ3n) is 6.87. The van der Waals surface area contributed by atoms with Gasteiger partial charge in [-0.25, -0.2) is 19.7 Å². The molecular formula is C28H25N7O4S. The molecule has 0 radical (unpaired) electrons. The summed E-state index contributed by atoms with van der Waals surface area (Å²) in [5.41, 5.74) is 1.40. The van der Waals surface area contributed by atoms with Crippen molar-refractivity contribution in [1.29, 1.82) is 0 Å². The first-order valence-corrected chi connectivity index (χ1v) is 13.6. The maximum absolute atomic E-state index is 13.5. The van der Waals surface area contributed by atoms with Crippen LogP contribution >= 0.6 is 11.3 Å². The van der Waals surface area contributed by atoms with Gasteiger partial charge in [0.1, 0.15) is 15.5 Å². The highest BCUT2D eigenvalue weighted by molar-refractivity contribution is 7.21. The van der Waals surface area contributed by atoms with Gasteiger partial charge in [-0.2, -0.15) is 0 Å². The van der Waals surface area contributed by atoms with Crippen LogP contribution in [-0.4, -0.2) is 44.9 Å². The Bertz CT molecular complexity index is 1610. The summed E-state index contributed by atoms with van der Waals surface area (Å²) in [4.78, 5) is 54.2. The van der Waals surface area contributed by atoms with Crippen LogP contribution in [0, 0.1) is 0 Å². The highest BCUT2D eigenvalue weighted by Gasteiger charge is 2.35. The van der Waals surface area contributed by atoms with Crippen molar-refractivity contribution in [3.05, 3.63) is 72.5 Å². The molecule has 1 aliphatic heterocycles. The molecule has 0 saturated heterocycles. The Hall–Kier alpha value is -4.84. The number of amides is 4. The van der Waals surface area contributed by atoms with Gasteiger partial charge in [-0.05, 0) is 37.1 Å². The molecule has 1 aliphatic carbocycles. The second kappa shape index (κ2) is 10.7. The van der Waals surface area contributed by atoms with Crippen LogP contribution in [0.25, 0.3) is 10.2 Å². The molecule has 4 aromatic rings. The molecule has 3 N–H and O–H groups in total. The lowest BCUT2D eigenvalue weighted by Crippen LogP contribution is -2.52. The summed E-state index contributed by atoms with van der Waals surface area (Å²) in [5.74, 6) is -0.000646. The van der Waals surface area contributed by atoms with Gasteiger partial charge >= 0.3 is 12.0 Å². The second-order valence-electron chi connectivity index (χ2n) is 9.40. The van der Waals surface area contributed by atoms with E-state index in [-0.39, 0.29) is 29.9 Å². The monoisotopic (exact) mass is 555 g/mol. The Morgan fingerprint density at radius 3 is 2.50 bits per heavy atom. The Morgan fingerprint density at radius 1 is 1.05 bits per heavy atom. The van der Waals surface area contributed by atoms with Crippen LogP contribution in [0.5, 0.6) is 11.8 Å². The molecule has 4 amide bonds. The minimum atomic E-state index is -0.457. The summed E-state index contributed by atoms with van der Waals surface area (Å²) in [6.45, 7) is 3.51. The predicted molar refractivity (Wildman–Crippen MR) is 151 cm³/mol. The second-order valence-corrected chi connectivity index (χ2v) is 10.4. The average Bonchev–Trinajstić information content (AvgIpc) is 3.35. The van der Waals surface area contributed by atoms with Crippen LogP contribution in [0.1, 0.15) is 35.4 Å². The van der Waals surface area contributed by atoms with Gasteiger partial charge in [-0.3, -0.25) is 14.5 Å². The van der Waals surface area contributed by atoms with Crippen molar-refractivity contribution >= 4 is 56.5 Å². The van der Waals surface area contributed by atoms with E-state index in [1.54, 1.807) is 24.4 Å². The zero-order chi connectivity index (χ0) is 27.6. The number of carbonyl (C=O) groups is 3. The van der Waals surface area contributed by atoms with E-state index in [2.05, 4.69) is 37.5 Å². The van der Waals surface area contributed by atoms with E-state index < -0.39 is 6.03 Å². The largest absolute Gasteiger partial charge is 0.424 e. The molecule has 1 aromatic carbocycles. The topological polar surface area (TPSA) is 138 Å². The van der Waals surface area contributed by atoms with Crippen molar-refractivity contribution in [3.8, 4) is 11.8 Å². The zero-order valence-corrected chi connectivity index (χ0v) is 22.1. The third-order valence-corrected chi connectivity index (χ3v) is 7.97. The van der Waals surface area contributed by atoms with Crippen LogP contribution in [0.2, 0.25) is 0 Å². The highest BCUT2D eigenvalue weighted by Crippen LogP contribution is 2.45. The minimum Gasteiger partial charge on any atom is -0.424 e. The van der Waals surface area contributed by atoms with E-state index in [9.17, 15) is 14.4 Å². The molecule has 6 rings (SSSR count). The maximum Gasteiger partial charge on any atom is 0.331 e. The molecule has 2 atom stereocenters. The van der Waals surface area contributed by atoms with Crippen LogP contribution < -0.4 is 25.6 Å². The number of carbonyl (C=O) groups excluding carboxylic acids is 3. The summed E-state index contributed by atoms with van der Waals surface area (Å²) in [5, 5.41) is 9.52. The van der Waals surface area contributed by atoms with E-state index in [0.717, 1.165) is 25.7 Å². The van der Waals surface area contributed by atoms with Gasteiger partial charge in [0.15, 0.2) is 0 Å². The van der Waals surface area contributed by atoms with Crippen LogP contribution in [0.15, 0.2) is 67.6 Å². The molecule has 12 heteroatoms. The molecule has 1 saturated carbocycles. The normalized spacial score (nSPS) is 18.1. The van der Waals surface area contributed by atoms with Gasteiger partial charge in [0.2, 0.25) is 5.91 Å². The maximum atomic E-state index is 13.5. The van der Waals surface area contributed by atoms with E-state index in [4.69, 9.17) is 4.74 Å². The van der Waals surface area contributed by atoms with Gasteiger partial charge in [0.05, 0.1) is 34.8 Å². The van der Waals surface area contributed by atoms with Gasteiger partial charge in [-0.15, -0.1) is 11.3 Å². The molecule has 202 valence electrons. The minimum absolute atomic E-state index is 0.146. The number of para-hydroxylation sites is 1. The van der Waals surface area contributed by atoms with Gasteiger partial charge in [0.25, 0.3) is 5.91 Å². The number of benzene rings is 1. The lowest BCUT2D eigenvalue weighted by atomic mass is 9.90. The van der Waals surface area contributed by atoms with E-state index in [0.29, 0.717) is 37.9 Å². The first-order valence-electron chi connectivity index (χ1n) is 12.8. The van der Waals surface area contributed by atoms with E-state index >= 15 is 0 Å². The van der Waals surface area contributed by atoms with Crippen LogP contribution in [0.3, 0.4) is 0 Å². The number of nitrogens with zero attached hydrogens (tertiary/aromatic N) is 4. The molecule has 0 spiro atoms. The van der Waals surface area contributed by atoms with Gasteiger partial charge < -0.3 is 20.7 Å². The highest BCUT2D eigenvalue weighted by atomic mass is 32.1. The lowest BCUT2D eigenvalue weighted by Gasteiger charge is -2.32. The summed E-state index contributed by atoms with van der Waals surface area (Å²) in [6.07, 6.45) is 9.24. The fourth-order valence-corrected chi connectivity index (χ4v) is 6.05. The molecule has 4 heterocycles. The van der Waals surface area contributed by atoms with Crippen LogP contribution in [0.4, 0.5) is 21.9 Å². The predicted octanol–water partition coefficient (Wildman–Crippen LogP) is 4.91. The number of nitrogens with one attached hydrogen (secondary N) is 3. The number of ether oxygens (including phenoxy) is 1. The fraction of sp³-hybridized carbons (Fsp3) is 0.214. The Morgan fingerprint density at radius 2 is 1.77 bits per heavy atom. The number of hydrogen-bond donors (Lipinski definition) is 3. The number of urea groups is 1. The fourth-order valence-electron chi connectivity index (χ4n) is 5.02. The van der Waals surface area contributed by atoms with Crippen molar-refractivity contribution in [2.45, 2.75) is 37.8 Å². The van der Waals surface area contributed by atoms with Crippen LogP contribution in [-0.2, 0) is 4.79 Å². The molecule has 40 heavy (non-hydrogen) atoms. The van der Waals surface area contributed by atoms with Gasteiger partial charge in [-0.1, -0.05) is 37.6 Å². The Kier molecular flexibility index (Phi) is 6.83. The lowest BCUT2D eigenvalue weighted by molar-refractivity contribution is -0.117. The Balaban J connectivity index is 1.27. The number of anilines is 3. The van der Waals surface area contributed by atoms with Crippen molar-refractivity contribution < 1.29 is 19.1 Å². The average molecular weight is 556 g/mol. The number of hydrogen-bond acceptors (Lipinski definition) is 8. The summed E-state index contributed by atoms with van der Waals surface area (Å²) in [6, 6.07) is 10.1. The Labute approximate surface area is 233 Å².